The number of thioether (sulfide) groups is 1. The summed E-state index contributed by atoms with van der Waals surface area (Å²) >= 11 is 6.89. The highest BCUT2D eigenvalue weighted by atomic mass is 35.5. The Morgan fingerprint density at radius 3 is 2.24 bits per heavy atom. The molecule has 1 aliphatic heterocycles. The number of amides is 2. The van der Waals surface area contributed by atoms with Crippen molar-refractivity contribution in [1.29, 1.82) is 0 Å². The summed E-state index contributed by atoms with van der Waals surface area (Å²) in [7, 11) is 4.54. The minimum Gasteiger partial charge on any atom is -0.493 e. The quantitative estimate of drug-likeness (QED) is 0.724. The lowest BCUT2D eigenvalue weighted by Crippen LogP contribution is -2.20. The van der Waals surface area contributed by atoms with Crippen molar-refractivity contribution >= 4 is 46.4 Å². The molecule has 0 aromatic heterocycles. The monoisotopic (exact) mass is 432 g/mol. The van der Waals surface area contributed by atoms with E-state index in [1.54, 1.807) is 42.5 Å². The van der Waals surface area contributed by atoms with E-state index in [1.165, 1.54) is 21.3 Å². The molecule has 1 heterocycles. The van der Waals surface area contributed by atoms with Crippen LogP contribution < -0.4 is 19.5 Å². The molecule has 2 aromatic carbocycles. The standard InChI is InChI=1S/C20H17ClN2O5S/c1-26-14-8-11(9-15(27-2)17(14)28-3)10-16-19(25)23-20(29-16)22-18(24)12-4-6-13(21)7-5-12/h4-10H,1-3H3,(H,22,23,24,25)/b16-10-. The largest absolute Gasteiger partial charge is 0.493 e. The smallest absolute Gasteiger partial charge is 0.279 e. The van der Waals surface area contributed by atoms with Crippen LogP contribution in [0.4, 0.5) is 0 Å². The van der Waals surface area contributed by atoms with Crippen molar-refractivity contribution in [2.24, 2.45) is 4.99 Å². The fourth-order valence-corrected chi connectivity index (χ4v) is 3.51. The van der Waals surface area contributed by atoms with Crippen molar-refractivity contribution in [2.45, 2.75) is 0 Å². The number of carbonyl (C=O) groups is 2. The Balaban J connectivity index is 1.85. The lowest BCUT2D eigenvalue weighted by atomic mass is 10.1. The molecule has 1 aliphatic rings. The van der Waals surface area contributed by atoms with Gasteiger partial charge in [0.2, 0.25) is 5.75 Å². The van der Waals surface area contributed by atoms with Crippen molar-refractivity contribution in [3.63, 3.8) is 0 Å². The summed E-state index contributed by atoms with van der Waals surface area (Å²) in [5.41, 5.74) is 1.04. The van der Waals surface area contributed by atoms with Crippen LogP contribution in [0.1, 0.15) is 15.9 Å². The zero-order chi connectivity index (χ0) is 21.0. The van der Waals surface area contributed by atoms with Crippen molar-refractivity contribution in [3.05, 3.63) is 57.5 Å². The maximum Gasteiger partial charge on any atom is 0.279 e. The van der Waals surface area contributed by atoms with Gasteiger partial charge in [-0.05, 0) is 59.8 Å². The van der Waals surface area contributed by atoms with Crippen LogP contribution in [0.5, 0.6) is 17.2 Å². The molecule has 9 heteroatoms. The van der Waals surface area contributed by atoms with Crippen LogP contribution in [0.3, 0.4) is 0 Å². The highest BCUT2D eigenvalue weighted by Gasteiger charge is 2.25. The Morgan fingerprint density at radius 1 is 1.07 bits per heavy atom. The van der Waals surface area contributed by atoms with Crippen LogP contribution in [-0.2, 0) is 4.79 Å². The molecule has 0 atom stereocenters. The van der Waals surface area contributed by atoms with Gasteiger partial charge in [0, 0.05) is 10.6 Å². The molecule has 150 valence electrons. The molecule has 0 aliphatic carbocycles. The van der Waals surface area contributed by atoms with Crippen molar-refractivity contribution in [2.75, 3.05) is 21.3 Å². The molecule has 1 saturated heterocycles. The molecule has 0 bridgehead atoms. The number of hydrogen-bond acceptors (Lipinski definition) is 6. The topological polar surface area (TPSA) is 86.2 Å². The second-order valence-electron chi connectivity index (χ2n) is 5.75. The number of rotatable bonds is 5. The fourth-order valence-electron chi connectivity index (χ4n) is 2.57. The highest BCUT2D eigenvalue weighted by molar-refractivity contribution is 8.18. The Labute approximate surface area is 176 Å². The molecular formula is C20H17ClN2O5S. The van der Waals surface area contributed by atoms with Crippen LogP contribution in [-0.4, -0.2) is 38.3 Å². The van der Waals surface area contributed by atoms with E-state index in [1.807, 2.05) is 0 Å². The highest BCUT2D eigenvalue weighted by Crippen LogP contribution is 2.39. The van der Waals surface area contributed by atoms with Gasteiger partial charge in [0.25, 0.3) is 11.8 Å². The first-order valence-electron chi connectivity index (χ1n) is 8.34. The first-order valence-corrected chi connectivity index (χ1v) is 9.54. The van der Waals surface area contributed by atoms with Gasteiger partial charge in [-0.25, -0.2) is 0 Å². The Hall–Kier alpha value is -2.97. The molecule has 3 rings (SSSR count). The third-order valence-corrected chi connectivity index (χ3v) is 5.09. The van der Waals surface area contributed by atoms with E-state index in [2.05, 4.69) is 10.3 Å². The number of carbonyl (C=O) groups excluding carboxylic acids is 2. The molecule has 0 spiro atoms. The minimum absolute atomic E-state index is 0.202. The molecule has 1 N–H and O–H groups in total. The molecule has 1 fully saturated rings. The SMILES string of the molecule is COc1cc(/C=C2\SC(=NC(=O)c3ccc(Cl)cc3)NC2=O)cc(OC)c1OC. The zero-order valence-electron chi connectivity index (χ0n) is 15.8. The Kier molecular flexibility index (Phi) is 6.46. The first kappa shape index (κ1) is 20.8. The molecule has 0 unspecified atom stereocenters. The predicted octanol–water partition coefficient (Wildman–Crippen LogP) is 3.77. The van der Waals surface area contributed by atoms with Gasteiger partial charge in [0.15, 0.2) is 16.7 Å². The van der Waals surface area contributed by atoms with Gasteiger partial charge in [0.1, 0.15) is 0 Å². The summed E-state index contributed by atoms with van der Waals surface area (Å²) in [6.07, 6.45) is 1.65. The van der Waals surface area contributed by atoms with E-state index in [4.69, 9.17) is 25.8 Å². The van der Waals surface area contributed by atoms with Gasteiger partial charge < -0.3 is 19.5 Å². The summed E-state index contributed by atoms with van der Waals surface area (Å²) in [5, 5.41) is 3.31. The molecule has 2 amide bonds. The van der Waals surface area contributed by atoms with E-state index in [0.29, 0.717) is 38.3 Å². The zero-order valence-corrected chi connectivity index (χ0v) is 17.4. The molecule has 0 radical (unpaired) electrons. The van der Waals surface area contributed by atoms with Crippen molar-refractivity contribution in [1.82, 2.24) is 5.32 Å². The number of benzene rings is 2. The molecular weight excluding hydrogens is 416 g/mol. The number of amidine groups is 1. The average Bonchev–Trinajstić information content (AvgIpc) is 3.06. The first-order chi connectivity index (χ1) is 13.9. The third kappa shape index (κ3) is 4.72. The van der Waals surface area contributed by atoms with Gasteiger partial charge >= 0.3 is 0 Å². The fraction of sp³-hybridized carbons (Fsp3) is 0.150. The Bertz CT molecular complexity index is 993. The van der Waals surface area contributed by atoms with Crippen LogP contribution in [0.15, 0.2) is 46.3 Å². The lowest BCUT2D eigenvalue weighted by molar-refractivity contribution is -0.115. The number of nitrogens with one attached hydrogen (secondary N) is 1. The number of methoxy groups -OCH3 is 3. The Morgan fingerprint density at radius 2 is 1.69 bits per heavy atom. The van der Waals surface area contributed by atoms with E-state index in [-0.39, 0.29) is 11.1 Å². The van der Waals surface area contributed by atoms with Crippen LogP contribution in [0.25, 0.3) is 6.08 Å². The van der Waals surface area contributed by atoms with Gasteiger partial charge in [-0.3, -0.25) is 9.59 Å². The van der Waals surface area contributed by atoms with E-state index < -0.39 is 5.91 Å². The van der Waals surface area contributed by atoms with E-state index >= 15 is 0 Å². The van der Waals surface area contributed by atoms with E-state index in [9.17, 15) is 9.59 Å². The minimum atomic E-state index is -0.474. The van der Waals surface area contributed by atoms with Gasteiger partial charge in [-0.15, -0.1) is 0 Å². The van der Waals surface area contributed by atoms with E-state index in [0.717, 1.165) is 11.8 Å². The summed E-state index contributed by atoms with van der Waals surface area (Å²) in [5.74, 6) is 0.559. The number of aliphatic imine (C=N–C) groups is 1. The van der Waals surface area contributed by atoms with Crippen LogP contribution >= 0.6 is 23.4 Å². The average molecular weight is 433 g/mol. The predicted molar refractivity (Wildman–Crippen MR) is 113 cm³/mol. The van der Waals surface area contributed by atoms with Crippen LogP contribution in [0.2, 0.25) is 5.02 Å². The molecule has 7 nitrogen and oxygen atoms in total. The lowest BCUT2D eigenvalue weighted by Gasteiger charge is -2.12. The molecule has 2 aromatic rings. The maximum absolute atomic E-state index is 12.3. The van der Waals surface area contributed by atoms with Crippen molar-refractivity contribution < 1.29 is 23.8 Å². The van der Waals surface area contributed by atoms with Crippen molar-refractivity contribution in [3.8, 4) is 17.2 Å². The number of ether oxygens (including phenoxy) is 3. The second kappa shape index (κ2) is 9.02. The second-order valence-corrected chi connectivity index (χ2v) is 7.22. The molecule has 29 heavy (non-hydrogen) atoms. The molecule has 0 saturated carbocycles. The summed E-state index contributed by atoms with van der Waals surface area (Å²) in [6.45, 7) is 0. The van der Waals surface area contributed by atoms with Crippen LogP contribution in [0, 0.1) is 0 Å². The summed E-state index contributed by atoms with van der Waals surface area (Å²) in [4.78, 5) is 28.9. The number of halogens is 1. The number of nitrogens with zero attached hydrogens (tertiary/aromatic N) is 1. The number of hydrogen-bond donors (Lipinski definition) is 1. The normalized spacial score (nSPS) is 16.1. The maximum atomic E-state index is 12.3. The van der Waals surface area contributed by atoms with Gasteiger partial charge in [-0.2, -0.15) is 4.99 Å². The van der Waals surface area contributed by atoms with Gasteiger partial charge in [-0.1, -0.05) is 11.6 Å². The van der Waals surface area contributed by atoms with Gasteiger partial charge in [0.05, 0.1) is 26.2 Å². The summed E-state index contributed by atoms with van der Waals surface area (Å²) < 4.78 is 15.9. The third-order valence-electron chi connectivity index (χ3n) is 3.93. The summed E-state index contributed by atoms with van der Waals surface area (Å²) in [6, 6.07) is 9.79.